The topological polar surface area (TPSA) is 80.9 Å². The van der Waals surface area contributed by atoms with Crippen LogP contribution < -0.4 is 15.6 Å². The molecule has 0 saturated carbocycles. The number of rotatable bonds is 7. The molecule has 0 bridgehead atoms. The van der Waals surface area contributed by atoms with E-state index < -0.39 is 6.04 Å². The van der Waals surface area contributed by atoms with Gasteiger partial charge in [0.25, 0.3) is 5.56 Å². The molecule has 1 N–H and O–H groups in total. The number of pyridine rings is 1. The van der Waals surface area contributed by atoms with Crippen LogP contribution in [0.2, 0.25) is 0 Å². The average Bonchev–Trinajstić information content (AvgIpc) is 3.44. The number of fused-ring (bicyclic) bond motifs is 1. The van der Waals surface area contributed by atoms with Crippen LogP contribution in [-0.4, -0.2) is 36.3 Å². The molecule has 7 nitrogen and oxygen atoms in total. The van der Waals surface area contributed by atoms with Crippen LogP contribution in [0.1, 0.15) is 24.4 Å². The van der Waals surface area contributed by atoms with Gasteiger partial charge in [-0.3, -0.25) is 14.4 Å². The molecule has 0 radical (unpaired) electrons. The normalized spacial score (nSPS) is 12.3. The van der Waals surface area contributed by atoms with E-state index in [1.807, 2.05) is 92.8 Å². The van der Waals surface area contributed by atoms with E-state index >= 15 is 0 Å². The van der Waals surface area contributed by atoms with Crippen molar-refractivity contribution >= 4 is 39.7 Å². The van der Waals surface area contributed by atoms with Crippen LogP contribution in [0.25, 0.3) is 27.6 Å². The summed E-state index contributed by atoms with van der Waals surface area (Å²) in [6.07, 6.45) is 0. The van der Waals surface area contributed by atoms with E-state index in [9.17, 15) is 4.79 Å². The molecular weight excluding hydrogens is 494 g/mol. The van der Waals surface area contributed by atoms with Gasteiger partial charge in [0, 0.05) is 12.7 Å². The van der Waals surface area contributed by atoms with Crippen LogP contribution in [0.4, 0.5) is 5.00 Å². The standard InChI is InChI=1S/C30H27N5O2S/c1-19(34-28(31-2)27-29(32-3)38-18-33-27)25-17-21-11-9-15-24(20-10-8-14-23(16-20)37-4)26(21)30(36)35(25)22-12-6-5-7-13-22/h5-19,32H,2H2,1,3-4H3/t19-/m0/s1. The van der Waals surface area contributed by atoms with E-state index in [0.717, 1.165) is 38.6 Å². The lowest BCUT2D eigenvalue weighted by molar-refractivity contribution is 0.415. The first kappa shape index (κ1) is 25.1. The number of anilines is 1. The molecule has 190 valence electrons. The Hall–Kier alpha value is -4.56. The molecule has 0 fully saturated rings. The molecule has 0 aliphatic carbocycles. The van der Waals surface area contributed by atoms with Gasteiger partial charge in [-0.15, -0.1) is 11.3 Å². The van der Waals surface area contributed by atoms with Crippen molar-refractivity contribution in [3.05, 3.63) is 106 Å². The minimum Gasteiger partial charge on any atom is -0.497 e. The van der Waals surface area contributed by atoms with Gasteiger partial charge in [0.2, 0.25) is 0 Å². The highest BCUT2D eigenvalue weighted by Gasteiger charge is 2.20. The highest BCUT2D eigenvalue weighted by Crippen LogP contribution is 2.32. The maximum Gasteiger partial charge on any atom is 0.263 e. The molecular formula is C30H27N5O2S. The first-order chi connectivity index (χ1) is 18.5. The van der Waals surface area contributed by atoms with Crippen molar-refractivity contribution in [1.29, 1.82) is 0 Å². The lowest BCUT2D eigenvalue weighted by Crippen LogP contribution is -2.24. The van der Waals surface area contributed by atoms with Crippen molar-refractivity contribution in [1.82, 2.24) is 9.55 Å². The smallest absolute Gasteiger partial charge is 0.263 e. The van der Waals surface area contributed by atoms with Gasteiger partial charge in [0.05, 0.1) is 29.7 Å². The van der Waals surface area contributed by atoms with Crippen LogP contribution in [0, 0.1) is 0 Å². The fourth-order valence-corrected chi connectivity index (χ4v) is 5.21. The van der Waals surface area contributed by atoms with Crippen molar-refractivity contribution in [3.8, 4) is 22.6 Å². The number of hydrogen-bond acceptors (Lipinski definition) is 6. The Morgan fingerprint density at radius 2 is 1.87 bits per heavy atom. The summed E-state index contributed by atoms with van der Waals surface area (Å²) in [7, 11) is 3.47. The van der Waals surface area contributed by atoms with Crippen molar-refractivity contribution in [2.24, 2.45) is 9.98 Å². The number of thiazole rings is 1. The van der Waals surface area contributed by atoms with Crippen molar-refractivity contribution in [2.75, 3.05) is 19.5 Å². The number of methoxy groups -OCH3 is 1. The number of nitrogens with one attached hydrogen (secondary N) is 1. The summed E-state index contributed by atoms with van der Waals surface area (Å²) >= 11 is 1.47. The molecule has 0 spiro atoms. The van der Waals surface area contributed by atoms with Gasteiger partial charge in [0.1, 0.15) is 16.4 Å². The minimum absolute atomic E-state index is 0.123. The molecule has 38 heavy (non-hydrogen) atoms. The average molecular weight is 522 g/mol. The SMILES string of the molecule is C=NC(=N[C@@H](C)c1cc2cccc(-c3cccc(OC)c3)c2c(=O)n1-c1ccccc1)c1ncsc1NC. The maximum atomic E-state index is 14.3. The number of para-hydroxylation sites is 1. The fourth-order valence-electron chi connectivity index (χ4n) is 4.57. The second-order valence-corrected chi connectivity index (χ2v) is 9.47. The third kappa shape index (κ3) is 4.62. The van der Waals surface area contributed by atoms with E-state index in [0.29, 0.717) is 16.9 Å². The zero-order valence-electron chi connectivity index (χ0n) is 21.4. The van der Waals surface area contributed by atoms with Crippen LogP contribution >= 0.6 is 11.3 Å². The van der Waals surface area contributed by atoms with E-state index in [2.05, 4.69) is 22.0 Å². The zero-order chi connectivity index (χ0) is 26.6. The Morgan fingerprint density at radius 1 is 1.08 bits per heavy atom. The molecule has 0 saturated heterocycles. The van der Waals surface area contributed by atoms with Gasteiger partial charge < -0.3 is 10.1 Å². The molecule has 0 aliphatic rings. The highest BCUT2D eigenvalue weighted by molar-refractivity contribution is 7.14. The van der Waals surface area contributed by atoms with Gasteiger partial charge >= 0.3 is 0 Å². The largest absolute Gasteiger partial charge is 0.497 e. The highest BCUT2D eigenvalue weighted by atomic mass is 32.1. The number of amidine groups is 1. The van der Waals surface area contributed by atoms with Crippen LogP contribution in [0.15, 0.2) is 99.2 Å². The molecule has 0 aliphatic heterocycles. The second kappa shape index (κ2) is 10.8. The van der Waals surface area contributed by atoms with E-state index in [1.165, 1.54) is 11.3 Å². The third-order valence-electron chi connectivity index (χ3n) is 6.37. The fraction of sp³-hybridized carbons (Fsp3) is 0.133. The summed E-state index contributed by atoms with van der Waals surface area (Å²) in [6, 6.07) is 24.9. The van der Waals surface area contributed by atoms with Gasteiger partial charge in [-0.2, -0.15) is 0 Å². The van der Waals surface area contributed by atoms with E-state index in [1.54, 1.807) is 17.2 Å². The van der Waals surface area contributed by atoms with E-state index in [4.69, 9.17) is 9.73 Å². The summed E-state index contributed by atoms with van der Waals surface area (Å²) < 4.78 is 7.17. The summed E-state index contributed by atoms with van der Waals surface area (Å²) in [5.41, 5.74) is 5.49. The van der Waals surface area contributed by atoms with Crippen LogP contribution in [-0.2, 0) is 0 Å². The molecule has 2 heterocycles. The van der Waals surface area contributed by atoms with Gasteiger partial charge in [-0.1, -0.05) is 48.5 Å². The molecule has 3 aromatic carbocycles. The van der Waals surface area contributed by atoms with Crippen molar-refractivity contribution in [3.63, 3.8) is 0 Å². The first-order valence-corrected chi connectivity index (χ1v) is 13.0. The lowest BCUT2D eigenvalue weighted by atomic mass is 9.97. The number of benzene rings is 3. The Morgan fingerprint density at radius 3 is 2.61 bits per heavy atom. The van der Waals surface area contributed by atoms with E-state index in [-0.39, 0.29) is 5.56 Å². The number of aromatic nitrogens is 2. The predicted molar refractivity (Wildman–Crippen MR) is 158 cm³/mol. The number of aliphatic imine (C=N–C) groups is 2. The van der Waals surface area contributed by atoms with Crippen molar-refractivity contribution < 1.29 is 4.74 Å². The first-order valence-electron chi connectivity index (χ1n) is 12.1. The lowest BCUT2D eigenvalue weighted by Gasteiger charge is -2.19. The number of hydrogen-bond donors (Lipinski definition) is 1. The van der Waals surface area contributed by atoms with Crippen LogP contribution in [0.3, 0.4) is 0 Å². The molecule has 5 aromatic rings. The Kier molecular flexibility index (Phi) is 7.15. The van der Waals surface area contributed by atoms with Gasteiger partial charge in [0.15, 0.2) is 5.84 Å². The molecule has 0 unspecified atom stereocenters. The summed E-state index contributed by atoms with van der Waals surface area (Å²) in [4.78, 5) is 27.8. The number of ether oxygens (including phenoxy) is 1. The Bertz CT molecular complexity index is 1710. The Balaban J connectivity index is 1.76. The monoisotopic (exact) mass is 521 g/mol. The van der Waals surface area contributed by atoms with Gasteiger partial charge in [-0.25, -0.2) is 9.98 Å². The molecule has 8 heteroatoms. The maximum absolute atomic E-state index is 14.3. The summed E-state index contributed by atoms with van der Waals surface area (Å²) in [5, 5.41) is 5.44. The quantitative estimate of drug-likeness (QED) is 0.199. The van der Waals surface area contributed by atoms with Crippen LogP contribution in [0.5, 0.6) is 5.75 Å². The molecule has 1 atom stereocenters. The zero-order valence-corrected chi connectivity index (χ0v) is 22.2. The molecule has 5 rings (SSSR count). The van der Waals surface area contributed by atoms with Gasteiger partial charge in [-0.05, 0) is 60.5 Å². The van der Waals surface area contributed by atoms with Crippen molar-refractivity contribution in [2.45, 2.75) is 13.0 Å². The minimum atomic E-state index is -0.417. The second-order valence-electron chi connectivity index (χ2n) is 8.61. The summed E-state index contributed by atoms with van der Waals surface area (Å²) in [5.74, 6) is 1.15. The number of nitrogens with zero attached hydrogens (tertiary/aromatic N) is 4. The molecule has 0 amide bonds. The predicted octanol–water partition coefficient (Wildman–Crippen LogP) is 6.37. The molecule has 2 aromatic heterocycles. The summed E-state index contributed by atoms with van der Waals surface area (Å²) in [6.45, 7) is 5.67. The third-order valence-corrected chi connectivity index (χ3v) is 7.21. The Labute approximate surface area is 224 Å².